The number of aryl methyl sites for hydroxylation is 1. The zero-order valence-electron chi connectivity index (χ0n) is 21.1. The van der Waals surface area contributed by atoms with E-state index in [-0.39, 0.29) is 18.2 Å². The lowest BCUT2D eigenvalue weighted by atomic mass is 9.82. The number of hydrogen-bond acceptors (Lipinski definition) is 5. The fourth-order valence-corrected chi connectivity index (χ4v) is 5.20. The van der Waals surface area contributed by atoms with Crippen molar-refractivity contribution in [3.63, 3.8) is 0 Å². The van der Waals surface area contributed by atoms with Gasteiger partial charge in [-0.05, 0) is 78.8 Å². The molecular formula is C29H34N4O3. The number of aliphatic carboxylic acids is 1. The molecule has 1 heterocycles. The van der Waals surface area contributed by atoms with Gasteiger partial charge in [0.1, 0.15) is 0 Å². The third-order valence-corrected chi connectivity index (χ3v) is 7.23. The van der Waals surface area contributed by atoms with Gasteiger partial charge in [0.15, 0.2) is 0 Å². The molecule has 1 aliphatic heterocycles. The van der Waals surface area contributed by atoms with Crippen LogP contribution < -0.4 is 16.6 Å². The SMILES string of the molecule is CCN(N)c1ccc(C(CC(=O)O)c2cc(C)c3c(c2)CN(C(=O)c2ccccc2)CC3)c(C)c1N. The Balaban J connectivity index is 1.73. The lowest BCUT2D eigenvalue weighted by molar-refractivity contribution is -0.137. The molecule has 1 atom stereocenters. The monoisotopic (exact) mass is 486 g/mol. The van der Waals surface area contributed by atoms with Crippen LogP contribution in [-0.2, 0) is 17.8 Å². The Morgan fingerprint density at radius 2 is 1.83 bits per heavy atom. The van der Waals surface area contributed by atoms with E-state index >= 15 is 0 Å². The lowest BCUT2D eigenvalue weighted by Crippen LogP contribution is -2.36. The molecule has 1 amide bonds. The van der Waals surface area contributed by atoms with Gasteiger partial charge in [-0.25, -0.2) is 5.84 Å². The first-order valence-corrected chi connectivity index (χ1v) is 12.3. The van der Waals surface area contributed by atoms with Crippen LogP contribution >= 0.6 is 0 Å². The van der Waals surface area contributed by atoms with Gasteiger partial charge in [0.25, 0.3) is 5.91 Å². The van der Waals surface area contributed by atoms with E-state index in [1.54, 1.807) is 5.01 Å². The fraction of sp³-hybridized carbons (Fsp3) is 0.310. The number of fused-ring (bicyclic) bond motifs is 1. The van der Waals surface area contributed by atoms with E-state index in [1.165, 1.54) is 5.56 Å². The van der Waals surface area contributed by atoms with E-state index in [0.717, 1.165) is 39.9 Å². The van der Waals surface area contributed by atoms with Crippen molar-refractivity contribution in [1.82, 2.24) is 4.90 Å². The van der Waals surface area contributed by atoms with Crippen molar-refractivity contribution in [1.29, 1.82) is 0 Å². The zero-order valence-corrected chi connectivity index (χ0v) is 21.1. The van der Waals surface area contributed by atoms with Crippen LogP contribution in [-0.4, -0.2) is 35.0 Å². The van der Waals surface area contributed by atoms with Crippen LogP contribution in [0.4, 0.5) is 11.4 Å². The minimum atomic E-state index is -0.882. The number of carboxylic acids is 1. The summed E-state index contributed by atoms with van der Waals surface area (Å²) in [6, 6.07) is 17.3. The van der Waals surface area contributed by atoms with Gasteiger partial charge in [-0.2, -0.15) is 0 Å². The molecule has 1 aliphatic rings. The summed E-state index contributed by atoms with van der Waals surface area (Å²) in [6.45, 7) is 7.67. The minimum absolute atomic E-state index is 0.00728. The van der Waals surface area contributed by atoms with Crippen LogP contribution in [0.1, 0.15) is 63.0 Å². The molecular weight excluding hydrogens is 452 g/mol. The van der Waals surface area contributed by atoms with Gasteiger partial charge >= 0.3 is 5.97 Å². The molecule has 0 radical (unpaired) electrons. The molecule has 0 bridgehead atoms. The topological polar surface area (TPSA) is 113 Å². The second kappa shape index (κ2) is 10.4. The first kappa shape index (κ1) is 25.3. The maximum Gasteiger partial charge on any atom is 0.304 e. The molecule has 188 valence electrons. The molecule has 1 unspecified atom stereocenters. The molecule has 7 heteroatoms. The van der Waals surface area contributed by atoms with Gasteiger partial charge in [0.05, 0.1) is 17.8 Å². The number of rotatable bonds is 7. The van der Waals surface area contributed by atoms with Crippen molar-refractivity contribution < 1.29 is 14.7 Å². The number of nitrogens with zero attached hydrogens (tertiary/aromatic N) is 2. The predicted molar refractivity (Wildman–Crippen MR) is 143 cm³/mol. The number of nitrogen functional groups attached to an aromatic ring is 1. The molecule has 0 saturated carbocycles. The number of carboxylic acid groups (broad SMARTS) is 1. The molecule has 0 spiro atoms. The van der Waals surface area contributed by atoms with Crippen LogP contribution in [0.5, 0.6) is 0 Å². The van der Waals surface area contributed by atoms with Crippen LogP contribution in [0.2, 0.25) is 0 Å². The van der Waals surface area contributed by atoms with Gasteiger partial charge in [-0.1, -0.05) is 36.4 Å². The second-order valence-electron chi connectivity index (χ2n) is 9.47. The van der Waals surface area contributed by atoms with Crippen molar-refractivity contribution in [2.75, 3.05) is 23.8 Å². The summed E-state index contributed by atoms with van der Waals surface area (Å²) in [5, 5.41) is 11.4. The van der Waals surface area contributed by atoms with Crippen LogP contribution in [0.25, 0.3) is 0 Å². The summed E-state index contributed by atoms with van der Waals surface area (Å²) in [7, 11) is 0. The third-order valence-electron chi connectivity index (χ3n) is 7.23. The highest BCUT2D eigenvalue weighted by atomic mass is 16.4. The second-order valence-corrected chi connectivity index (χ2v) is 9.47. The quantitative estimate of drug-likeness (QED) is 0.259. The molecule has 4 rings (SSSR count). The summed E-state index contributed by atoms with van der Waals surface area (Å²) in [6.07, 6.45) is 0.707. The van der Waals surface area contributed by atoms with Gasteiger partial charge in [0, 0.05) is 31.1 Å². The molecule has 0 fully saturated rings. The minimum Gasteiger partial charge on any atom is -0.481 e. The summed E-state index contributed by atoms with van der Waals surface area (Å²) in [5.41, 5.74) is 14.4. The van der Waals surface area contributed by atoms with Gasteiger partial charge in [-0.15, -0.1) is 0 Å². The van der Waals surface area contributed by atoms with E-state index in [9.17, 15) is 14.7 Å². The number of nitrogens with two attached hydrogens (primary N) is 2. The van der Waals surface area contributed by atoms with Crippen molar-refractivity contribution >= 4 is 23.3 Å². The van der Waals surface area contributed by atoms with Crippen molar-refractivity contribution in [3.8, 4) is 0 Å². The van der Waals surface area contributed by atoms with E-state index in [4.69, 9.17) is 11.6 Å². The highest BCUT2D eigenvalue weighted by Gasteiger charge is 2.27. The average Bonchev–Trinajstić information content (AvgIpc) is 2.88. The highest BCUT2D eigenvalue weighted by Crippen LogP contribution is 2.38. The summed E-state index contributed by atoms with van der Waals surface area (Å²) in [4.78, 5) is 26.9. The first-order chi connectivity index (χ1) is 17.2. The molecule has 5 N–H and O–H groups in total. The first-order valence-electron chi connectivity index (χ1n) is 12.3. The maximum absolute atomic E-state index is 13.1. The van der Waals surface area contributed by atoms with Crippen LogP contribution in [0.15, 0.2) is 54.6 Å². The highest BCUT2D eigenvalue weighted by molar-refractivity contribution is 5.94. The number of carbonyl (C=O) groups is 2. The Bertz CT molecular complexity index is 1290. The van der Waals surface area contributed by atoms with Crippen molar-refractivity contribution in [2.24, 2.45) is 5.84 Å². The van der Waals surface area contributed by atoms with E-state index in [2.05, 4.69) is 19.1 Å². The normalized spacial score (nSPS) is 13.7. The Morgan fingerprint density at radius 3 is 2.50 bits per heavy atom. The Morgan fingerprint density at radius 1 is 1.11 bits per heavy atom. The number of carbonyl (C=O) groups excluding carboxylic acids is 1. The number of benzene rings is 3. The Kier molecular flexibility index (Phi) is 7.31. The Hall–Kier alpha value is -3.84. The van der Waals surface area contributed by atoms with E-state index in [1.807, 2.05) is 61.2 Å². The summed E-state index contributed by atoms with van der Waals surface area (Å²) in [5.74, 6) is 4.83. The number of anilines is 2. The van der Waals surface area contributed by atoms with Gasteiger partial charge in [0.2, 0.25) is 0 Å². The number of hydrazine groups is 1. The molecule has 0 aliphatic carbocycles. The van der Waals surface area contributed by atoms with E-state index in [0.29, 0.717) is 30.9 Å². The third kappa shape index (κ3) is 4.93. The molecule has 7 nitrogen and oxygen atoms in total. The molecule has 0 aromatic heterocycles. The zero-order chi connectivity index (χ0) is 26.0. The molecule has 3 aromatic rings. The molecule has 36 heavy (non-hydrogen) atoms. The summed E-state index contributed by atoms with van der Waals surface area (Å²) < 4.78 is 0. The lowest BCUT2D eigenvalue weighted by Gasteiger charge is -2.31. The van der Waals surface area contributed by atoms with Crippen LogP contribution in [0.3, 0.4) is 0 Å². The van der Waals surface area contributed by atoms with Crippen molar-refractivity contribution in [2.45, 2.75) is 46.1 Å². The standard InChI is InChI=1S/C29H34N4O3/c1-4-33(31)26-11-10-24(19(3)28(26)30)25(16-27(34)35)21-14-18(2)23-12-13-32(17-22(23)15-21)29(36)20-8-6-5-7-9-20/h5-11,14-15,25H,4,12-13,16-17,30-31H2,1-3H3,(H,34,35). The summed E-state index contributed by atoms with van der Waals surface area (Å²) >= 11 is 0. The van der Waals surface area contributed by atoms with E-state index < -0.39 is 5.97 Å². The van der Waals surface area contributed by atoms with Crippen LogP contribution in [0, 0.1) is 13.8 Å². The fourth-order valence-electron chi connectivity index (χ4n) is 5.20. The van der Waals surface area contributed by atoms with Crippen molar-refractivity contribution in [3.05, 3.63) is 93.5 Å². The Labute approximate surface area is 212 Å². The van der Waals surface area contributed by atoms with Gasteiger partial charge in [-0.3, -0.25) is 9.59 Å². The maximum atomic E-state index is 13.1. The molecule has 3 aromatic carbocycles. The number of hydrogen-bond donors (Lipinski definition) is 3. The largest absolute Gasteiger partial charge is 0.481 e. The predicted octanol–water partition coefficient (Wildman–Crippen LogP) is 4.39. The number of amides is 1. The average molecular weight is 487 g/mol. The smallest absolute Gasteiger partial charge is 0.304 e. The van der Waals surface area contributed by atoms with Gasteiger partial charge < -0.3 is 20.7 Å². The molecule has 0 saturated heterocycles.